The Morgan fingerprint density at radius 1 is 1.35 bits per heavy atom. The zero-order valence-electron chi connectivity index (χ0n) is 13.6. The summed E-state index contributed by atoms with van der Waals surface area (Å²) in [5.41, 5.74) is 0.592. The molecule has 0 aromatic heterocycles. The van der Waals surface area contributed by atoms with Crippen molar-refractivity contribution >= 4 is 15.9 Å². The minimum atomic E-state index is -3.26. The van der Waals surface area contributed by atoms with Crippen molar-refractivity contribution in [2.75, 3.05) is 26.0 Å². The first kappa shape index (κ1) is 17.7. The van der Waals surface area contributed by atoms with Crippen molar-refractivity contribution in [3.05, 3.63) is 29.8 Å². The van der Waals surface area contributed by atoms with Gasteiger partial charge in [-0.3, -0.25) is 4.79 Å². The van der Waals surface area contributed by atoms with Crippen molar-refractivity contribution in [2.24, 2.45) is 0 Å². The Hall–Kier alpha value is -1.60. The molecule has 0 bridgehead atoms. The molecule has 1 atom stereocenters. The van der Waals surface area contributed by atoms with Crippen molar-refractivity contribution in [2.45, 2.75) is 32.2 Å². The van der Waals surface area contributed by atoms with E-state index in [1.807, 2.05) is 6.92 Å². The molecule has 1 aliphatic rings. The van der Waals surface area contributed by atoms with Crippen LogP contribution >= 0.6 is 0 Å². The number of amides is 1. The summed E-state index contributed by atoms with van der Waals surface area (Å²) in [7, 11) is -3.26. The highest BCUT2D eigenvalue weighted by atomic mass is 32.2. The highest BCUT2D eigenvalue weighted by Gasteiger charge is 2.26. The van der Waals surface area contributed by atoms with E-state index in [2.05, 4.69) is 4.72 Å². The van der Waals surface area contributed by atoms with Crippen molar-refractivity contribution < 1.29 is 17.9 Å². The fourth-order valence-corrected chi connectivity index (χ4v) is 3.45. The van der Waals surface area contributed by atoms with E-state index >= 15 is 0 Å². The lowest BCUT2D eigenvalue weighted by Gasteiger charge is -2.32. The zero-order chi connectivity index (χ0) is 16.9. The first-order valence-corrected chi connectivity index (χ1v) is 9.77. The van der Waals surface area contributed by atoms with Crippen LogP contribution in [0.5, 0.6) is 5.75 Å². The minimum absolute atomic E-state index is 0.0768. The molecule has 0 radical (unpaired) electrons. The highest BCUT2D eigenvalue weighted by Crippen LogP contribution is 2.17. The molecule has 1 aromatic rings. The van der Waals surface area contributed by atoms with Gasteiger partial charge in [-0.15, -0.1) is 0 Å². The van der Waals surface area contributed by atoms with Crippen LogP contribution in [0.3, 0.4) is 0 Å². The van der Waals surface area contributed by atoms with Crippen LogP contribution in [-0.2, 0) is 10.0 Å². The van der Waals surface area contributed by atoms with E-state index in [1.54, 1.807) is 29.2 Å². The maximum atomic E-state index is 12.5. The van der Waals surface area contributed by atoms with Crippen molar-refractivity contribution in [1.82, 2.24) is 9.62 Å². The number of nitrogens with zero attached hydrogens (tertiary/aromatic N) is 1. The van der Waals surface area contributed by atoms with Gasteiger partial charge in [-0.2, -0.15) is 0 Å². The van der Waals surface area contributed by atoms with Crippen molar-refractivity contribution in [3.8, 4) is 5.75 Å². The van der Waals surface area contributed by atoms with Crippen LogP contribution in [0.25, 0.3) is 0 Å². The van der Waals surface area contributed by atoms with Crippen LogP contribution in [0.4, 0.5) is 0 Å². The molecule has 0 spiro atoms. The lowest BCUT2D eigenvalue weighted by molar-refractivity contribution is 0.0703. The molecule has 0 aliphatic carbocycles. The summed E-state index contributed by atoms with van der Waals surface area (Å²) in [6, 6.07) is 6.87. The van der Waals surface area contributed by atoms with E-state index in [9.17, 15) is 13.2 Å². The first-order valence-electron chi connectivity index (χ1n) is 7.88. The number of sulfonamides is 1. The predicted molar refractivity (Wildman–Crippen MR) is 89.1 cm³/mol. The van der Waals surface area contributed by atoms with Gasteiger partial charge in [-0.1, -0.05) is 6.92 Å². The lowest BCUT2D eigenvalue weighted by atomic mass is 10.1. The molecule has 1 aromatic carbocycles. The van der Waals surface area contributed by atoms with Gasteiger partial charge in [0, 0.05) is 24.7 Å². The molecule has 1 amide bonds. The summed E-state index contributed by atoms with van der Waals surface area (Å²) in [6.45, 7) is 3.74. The Morgan fingerprint density at radius 3 is 2.65 bits per heavy atom. The Balaban J connectivity index is 1.99. The Morgan fingerprint density at radius 2 is 2.04 bits per heavy atom. The molecule has 1 saturated heterocycles. The average molecular weight is 340 g/mol. The Kier molecular flexibility index (Phi) is 6.01. The van der Waals surface area contributed by atoms with Crippen LogP contribution in [0.1, 0.15) is 36.5 Å². The largest absolute Gasteiger partial charge is 0.494 e. The molecule has 1 heterocycles. The van der Waals surface area contributed by atoms with Gasteiger partial charge in [0.2, 0.25) is 10.0 Å². The van der Waals surface area contributed by atoms with Crippen LogP contribution in [-0.4, -0.2) is 51.2 Å². The summed E-state index contributed by atoms with van der Waals surface area (Å²) < 4.78 is 30.8. The van der Waals surface area contributed by atoms with Crippen LogP contribution in [0.2, 0.25) is 0 Å². The topological polar surface area (TPSA) is 75.7 Å². The number of piperidine rings is 1. The van der Waals surface area contributed by atoms with Crippen molar-refractivity contribution in [3.63, 3.8) is 0 Å². The predicted octanol–water partition coefficient (Wildman–Crippen LogP) is 1.63. The maximum Gasteiger partial charge on any atom is 0.253 e. The summed E-state index contributed by atoms with van der Waals surface area (Å²) in [4.78, 5) is 14.2. The highest BCUT2D eigenvalue weighted by molar-refractivity contribution is 7.88. The maximum absolute atomic E-state index is 12.5. The fourth-order valence-electron chi connectivity index (χ4n) is 2.66. The average Bonchev–Trinajstić information content (AvgIpc) is 2.51. The first-order chi connectivity index (χ1) is 10.9. The zero-order valence-corrected chi connectivity index (χ0v) is 14.4. The van der Waals surface area contributed by atoms with Crippen LogP contribution in [0, 0.1) is 0 Å². The molecular formula is C16H24N2O4S. The number of carbonyl (C=O) groups is 1. The fraction of sp³-hybridized carbons (Fsp3) is 0.562. The molecule has 1 unspecified atom stereocenters. The molecule has 1 fully saturated rings. The molecule has 0 saturated carbocycles. The molecular weight excluding hydrogens is 316 g/mol. The van der Waals surface area contributed by atoms with E-state index in [-0.39, 0.29) is 11.9 Å². The summed E-state index contributed by atoms with van der Waals surface area (Å²) in [6.07, 6.45) is 3.61. The third kappa shape index (κ3) is 5.51. The van der Waals surface area contributed by atoms with Crippen LogP contribution in [0.15, 0.2) is 24.3 Å². The number of hydrogen-bond acceptors (Lipinski definition) is 4. The number of nitrogens with one attached hydrogen (secondary N) is 1. The van der Waals surface area contributed by atoms with Gasteiger partial charge in [0.25, 0.3) is 5.91 Å². The Labute approximate surface area is 137 Å². The van der Waals surface area contributed by atoms with Crippen molar-refractivity contribution in [1.29, 1.82) is 0 Å². The van der Waals surface area contributed by atoms with Crippen LogP contribution < -0.4 is 9.46 Å². The molecule has 2 rings (SSSR count). The lowest BCUT2D eigenvalue weighted by Crippen LogP contribution is -2.49. The van der Waals surface area contributed by atoms with Gasteiger partial charge in [0.15, 0.2) is 0 Å². The number of hydrogen-bond donors (Lipinski definition) is 1. The van der Waals surface area contributed by atoms with Gasteiger partial charge in [-0.05, 0) is 43.5 Å². The van der Waals surface area contributed by atoms with Gasteiger partial charge in [0.05, 0.1) is 12.9 Å². The van der Waals surface area contributed by atoms with E-state index in [0.29, 0.717) is 25.3 Å². The summed E-state index contributed by atoms with van der Waals surface area (Å²) in [5.74, 6) is 0.672. The number of benzene rings is 1. The van der Waals surface area contributed by atoms with Gasteiger partial charge in [0.1, 0.15) is 5.75 Å². The number of rotatable bonds is 6. The van der Waals surface area contributed by atoms with E-state index in [0.717, 1.165) is 31.3 Å². The minimum Gasteiger partial charge on any atom is -0.494 e. The normalized spacial score (nSPS) is 18.7. The molecule has 6 nitrogen and oxygen atoms in total. The SMILES string of the molecule is CCCOc1ccc(C(=O)N2CCCC(NS(C)(=O)=O)C2)cc1. The standard InChI is InChI=1S/C16H24N2O4S/c1-3-11-22-15-8-6-13(7-9-15)16(19)18-10-4-5-14(12-18)17-23(2,20)21/h6-9,14,17H,3-5,10-12H2,1-2H3. The van der Waals surface area contributed by atoms with E-state index in [1.165, 1.54) is 0 Å². The second kappa shape index (κ2) is 7.79. The van der Waals surface area contributed by atoms with Gasteiger partial charge < -0.3 is 9.64 Å². The molecule has 1 aliphatic heterocycles. The molecule has 7 heteroatoms. The molecule has 1 N–H and O–H groups in total. The quantitative estimate of drug-likeness (QED) is 0.854. The number of ether oxygens (including phenoxy) is 1. The molecule has 23 heavy (non-hydrogen) atoms. The summed E-state index contributed by atoms with van der Waals surface area (Å²) in [5, 5.41) is 0. The third-order valence-corrected chi connectivity index (χ3v) is 4.42. The number of likely N-dealkylation sites (tertiary alicyclic amines) is 1. The smallest absolute Gasteiger partial charge is 0.253 e. The third-order valence-electron chi connectivity index (χ3n) is 3.66. The summed E-state index contributed by atoms with van der Waals surface area (Å²) >= 11 is 0. The molecule has 128 valence electrons. The van der Waals surface area contributed by atoms with E-state index < -0.39 is 10.0 Å². The Bertz CT molecular complexity index is 628. The van der Waals surface area contributed by atoms with E-state index in [4.69, 9.17) is 4.74 Å². The van der Waals surface area contributed by atoms with Gasteiger partial charge in [-0.25, -0.2) is 13.1 Å². The van der Waals surface area contributed by atoms with Gasteiger partial charge >= 0.3 is 0 Å². The number of carbonyl (C=O) groups excluding carboxylic acids is 1. The monoisotopic (exact) mass is 340 g/mol. The second-order valence-electron chi connectivity index (χ2n) is 5.85. The second-order valence-corrected chi connectivity index (χ2v) is 7.63.